The Balaban J connectivity index is 0.00000496. The van der Waals surface area contributed by atoms with E-state index in [9.17, 15) is 121 Å². The molecule has 0 spiro atoms. The molecule has 0 radical (unpaired) electrons. The van der Waals surface area contributed by atoms with Gasteiger partial charge >= 0.3 is 236 Å². The maximum Gasteiger partial charge on any atom is 1.00 e. The molecule has 1 aliphatic carbocycles. The molecule has 68 heteroatoms. The van der Waals surface area contributed by atoms with Crippen LogP contribution in [0.1, 0.15) is 0 Å². The molecule has 48 nitrogen and oxygen atoms in total. The van der Waals surface area contributed by atoms with E-state index in [0.29, 0.717) is 36.4 Å². The maximum absolute atomic E-state index is 13.3. The standard InChI is InChI=1S/C56H50Cl2N16O32S10.8Na/c57-41-44-48(106-46-34(66-44)10-12-36(50(46)114(94,95)96)60-16-18-62-52-70-54(64-28-4-2-6-30(24-28)108(77,78)22-20-104-116(100,101)102)74-56(72-52)68-38-26-32(110(82,83)84)8-14-40(38)112(88,89)90)42(58)43-47(41)105-45-33(65-43)9-11-35(49(45)113(91,92)93)59-15-17-61-51-69-53(63-27-3-1-5-29(23-27)107(75,76)21-19-103-115(97,98)99)73-55(71-51)67-37-25-31(109(79,80)81)7-13-39(37)111(85,86)87;;;;;;;;/h1-14,23-26,59,65H,15-22H2,(H,79,80,81)(H,82,83,84)(H,85,86,87)(H,88,89,90)(H,91,92,93)(H,94,95,96)(H,97,98,99)(H,100,101,102)(H3,61,63,67,69,71,73)(H3,62,64,68,70,72,74);;;;;;;;/q;8*+1/p-8. The average molecular weight is 2030 g/mol. The van der Waals surface area contributed by atoms with Gasteiger partial charge in [0.15, 0.2) is 42.5 Å². The van der Waals surface area contributed by atoms with E-state index in [1.807, 2.05) is 0 Å². The number of anilines is 13. The van der Waals surface area contributed by atoms with E-state index in [1.165, 1.54) is 30.3 Å². The van der Waals surface area contributed by atoms with Crippen LogP contribution in [0.2, 0.25) is 10.0 Å². The molecule has 6 aromatic carbocycles. The van der Waals surface area contributed by atoms with Crippen molar-refractivity contribution in [1.29, 1.82) is 0 Å². The minimum Gasteiger partial charge on any atom is -0.744 e. The third-order valence-electron chi connectivity index (χ3n) is 15.1. The van der Waals surface area contributed by atoms with Crippen LogP contribution in [0.25, 0.3) is 22.6 Å². The zero-order valence-electron chi connectivity index (χ0n) is 64.5. The van der Waals surface area contributed by atoms with Crippen molar-refractivity contribution in [2.45, 2.75) is 39.2 Å². The van der Waals surface area contributed by atoms with Crippen LogP contribution in [0.3, 0.4) is 0 Å². The fourth-order valence-electron chi connectivity index (χ4n) is 10.3. The van der Waals surface area contributed by atoms with Gasteiger partial charge in [0.1, 0.15) is 97.4 Å². The van der Waals surface area contributed by atoms with E-state index in [1.54, 1.807) is 0 Å². The molecule has 3 aliphatic rings. The van der Waals surface area contributed by atoms with E-state index in [-0.39, 0.29) is 266 Å². The second-order valence-corrected chi connectivity index (χ2v) is 38.2. The van der Waals surface area contributed by atoms with Gasteiger partial charge in [-0.15, -0.1) is 0 Å². The number of hydrogen-bond donors (Lipinski definition) is 8. The van der Waals surface area contributed by atoms with Gasteiger partial charge in [0.05, 0.1) is 88.7 Å². The van der Waals surface area contributed by atoms with Crippen molar-refractivity contribution < 1.29 is 375 Å². The van der Waals surface area contributed by atoms with Crippen molar-refractivity contribution >= 4 is 211 Å². The molecule has 2 aromatic heterocycles. The van der Waals surface area contributed by atoms with Crippen molar-refractivity contribution in [2.75, 3.05) is 93.4 Å². The second-order valence-electron chi connectivity index (χ2n) is 23.0. The molecule has 11 rings (SSSR count). The summed E-state index contributed by atoms with van der Waals surface area (Å²) in [5.41, 5.74) is -4.47. The molecule has 0 saturated heterocycles. The van der Waals surface area contributed by atoms with Crippen LogP contribution in [0.15, 0.2) is 158 Å². The minimum absolute atomic E-state index is 0. The summed E-state index contributed by atoms with van der Waals surface area (Å²) in [4.78, 5) is 25.7. The average Bonchev–Trinajstić information content (AvgIpc) is 0.721. The number of sulfone groups is 2. The number of nitrogens with one attached hydrogen (secondary N) is 8. The van der Waals surface area contributed by atoms with Crippen LogP contribution in [-0.4, -0.2) is 206 Å². The van der Waals surface area contributed by atoms with Crippen LogP contribution in [-0.2, 0) is 110 Å². The fraction of sp³-hybridized carbons (Fsp3) is 0.143. The van der Waals surface area contributed by atoms with Gasteiger partial charge in [0, 0.05) is 31.0 Å². The first-order valence-electron chi connectivity index (χ1n) is 30.9. The number of nitrogens with zero attached hydrogens (tertiary/aromatic N) is 8. The molecule has 8 aromatic rings. The number of aromatic nitrogens is 7. The predicted molar refractivity (Wildman–Crippen MR) is 388 cm³/mol. The Morgan fingerprint density at radius 2 is 0.831 bits per heavy atom. The summed E-state index contributed by atoms with van der Waals surface area (Å²) in [7, 11) is -52.2. The molecule has 0 fully saturated rings. The largest absolute Gasteiger partial charge is 1.00 e. The van der Waals surface area contributed by atoms with E-state index >= 15 is 0 Å². The van der Waals surface area contributed by atoms with E-state index in [4.69, 9.17) is 32.4 Å². The Morgan fingerprint density at radius 3 is 1.26 bits per heavy atom. The molecule has 0 amide bonds. The van der Waals surface area contributed by atoms with Crippen molar-refractivity contribution in [3.63, 3.8) is 0 Å². The molecular formula is C56H42Cl2N16Na8O32S10. The van der Waals surface area contributed by atoms with Gasteiger partial charge < -0.3 is 88.1 Å². The van der Waals surface area contributed by atoms with Crippen LogP contribution >= 0.6 is 23.2 Å². The topological polar surface area (TPSA) is 766 Å². The maximum atomic E-state index is 13.3. The van der Waals surface area contributed by atoms with Gasteiger partial charge in [-0.05, 0) is 97.1 Å². The summed E-state index contributed by atoms with van der Waals surface area (Å²) in [6, 6.07) is 16.3. The summed E-state index contributed by atoms with van der Waals surface area (Å²) < 4.78 is 363. The zero-order chi connectivity index (χ0) is 84.8. The van der Waals surface area contributed by atoms with E-state index < -0.39 is 287 Å². The van der Waals surface area contributed by atoms with E-state index in [2.05, 4.69) is 90.8 Å². The second kappa shape index (κ2) is 46.2. The third kappa shape index (κ3) is 30.4. The predicted octanol–water partition coefficient (Wildman–Crippen LogP) is -22.1. The number of ether oxygens (including phenoxy) is 1. The van der Waals surface area contributed by atoms with Crippen LogP contribution in [0.4, 0.5) is 75.5 Å². The van der Waals surface area contributed by atoms with Gasteiger partial charge in [-0.2, -0.15) is 29.9 Å². The van der Waals surface area contributed by atoms with Gasteiger partial charge in [-0.25, -0.2) is 89.2 Å². The van der Waals surface area contributed by atoms with Crippen LogP contribution < -0.4 is 289 Å². The molecule has 8 N–H and O–H groups in total. The van der Waals surface area contributed by atoms with Crippen molar-refractivity contribution in [2.24, 2.45) is 4.99 Å². The number of halogens is 2. The zero-order valence-corrected chi connectivity index (χ0v) is 90.2. The molecule has 0 saturated carbocycles. The quantitative estimate of drug-likeness (QED) is 0.00622. The Bertz CT molecular complexity index is 7030. The minimum atomic E-state index is -5.67. The van der Waals surface area contributed by atoms with Crippen LogP contribution in [0.5, 0.6) is 11.5 Å². The van der Waals surface area contributed by atoms with Gasteiger partial charge in [0.2, 0.25) is 56.5 Å². The molecule has 0 bridgehead atoms. The molecule has 124 heavy (non-hydrogen) atoms. The summed E-state index contributed by atoms with van der Waals surface area (Å²) in [6.07, 6.45) is 0. The van der Waals surface area contributed by atoms with Crippen molar-refractivity contribution in [1.82, 2.24) is 34.9 Å². The number of hydrogen-bond acceptors (Lipinski definition) is 48. The van der Waals surface area contributed by atoms with Crippen LogP contribution in [0, 0.1) is 0 Å². The van der Waals surface area contributed by atoms with Crippen molar-refractivity contribution in [3.8, 4) is 23.0 Å². The number of fused-ring (bicyclic) bond motifs is 4. The normalized spacial score (nSPS) is 12.4. The molecule has 0 unspecified atom stereocenters. The molecule has 2 aliphatic heterocycles. The molecular weight excluding hydrogens is 1980 g/mol. The summed E-state index contributed by atoms with van der Waals surface area (Å²) in [6.45, 7) is -3.91. The Hall–Kier alpha value is -2.16. The molecule has 620 valence electrons. The van der Waals surface area contributed by atoms with Gasteiger partial charge in [-0.1, -0.05) is 35.3 Å². The first kappa shape index (κ1) is 116. The number of rotatable bonds is 33. The summed E-state index contributed by atoms with van der Waals surface area (Å²) in [5, 5.41) is 19.0. The first-order chi connectivity index (χ1) is 53.8. The smallest absolute Gasteiger partial charge is 0.744 e. The molecule has 0 atom stereocenters. The Morgan fingerprint density at radius 1 is 0.403 bits per heavy atom. The summed E-state index contributed by atoms with van der Waals surface area (Å²) in [5.74, 6) is -7.57. The Kier molecular flexibility index (Phi) is 43.2. The first-order valence-corrected chi connectivity index (χ1v) is 46.1. The fourth-order valence-corrected chi connectivity index (χ4v) is 17.7. The number of benzene rings is 7. The Labute approximate surface area is 891 Å². The van der Waals surface area contributed by atoms with E-state index in [0.717, 1.165) is 42.5 Å². The van der Waals surface area contributed by atoms with Gasteiger partial charge in [-0.3, -0.25) is 13.4 Å². The SMILES string of the molecule is O=S(=O)([O-])OCCS(=O)(=O)c1cccc(Nc2nc(NCCN=c3ccc4nc5c(Cl)c6c(c(Cl)c5oc-4c3S(=O)(=O)[O-])Nc3ccc(NCCNc4nc(Nc5cccc(S(=O)(=O)CCOS(=O)(=O)[O-])c5)nc(Nc5cc(S(=O)(=O)[O-])ccc5S(=O)(=O)[O-])n4)c(S(=O)(=O)[O-])c3O6)nc(Nc3cc(S(=O)(=O)[O-])ccc3S(=O)(=O)[O-])n2)c1.[Na+].[Na+].[Na+].[Na+].[Na+].[Na+].[Na+].[Na+]. The summed E-state index contributed by atoms with van der Waals surface area (Å²) >= 11 is 13.8. The molecule has 4 heterocycles. The van der Waals surface area contributed by atoms with Crippen molar-refractivity contribution in [3.05, 3.63) is 125 Å². The third-order valence-corrected chi connectivity index (χ3v) is 25.3. The monoisotopic (exact) mass is 2020 g/mol. The van der Waals surface area contributed by atoms with Gasteiger partial charge in [0.25, 0.3) is 0 Å².